The van der Waals surface area contributed by atoms with Crippen LogP contribution in [0.15, 0.2) is 47.4 Å². The lowest BCUT2D eigenvalue weighted by molar-refractivity contribution is 0.383. The molecule has 1 aliphatic rings. The molecule has 0 spiro atoms. The van der Waals surface area contributed by atoms with Gasteiger partial charge in [0.25, 0.3) is 0 Å². The van der Waals surface area contributed by atoms with Crippen LogP contribution in [0.2, 0.25) is 10.0 Å². The molecular formula is C17H18Cl2N2O3S. The van der Waals surface area contributed by atoms with Crippen molar-refractivity contribution in [3.8, 4) is 5.75 Å². The Labute approximate surface area is 157 Å². The maximum Gasteiger partial charge on any atom is 0.243 e. The van der Waals surface area contributed by atoms with Crippen molar-refractivity contribution in [3.05, 3.63) is 52.5 Å². The van der Waals surface area contributed by atoms with E-state index in [1.165, 1.54) is 11.4 Å². The van der Waals surface area contributed by atoms with Gasteiger partial charge in [0.05, 0.1) is 22.1 Å². The van der Waals surface area contributed by atoms with Gasteiger partial charge in [-0.25, -0.2) is 8.42 Å². The molecule has 0 bridgehead atoms. The number of rotatable bonds is 4. The standard InChI is InChI=1S/C17H18Cl2N2O3S/c1-24-14-3-2-4-15(12-14)25(22,23)21-9-7-20(8-10-21)13-5-6-16(18)17(19)11-13/h2-6,11-12H,7-10H2,1H3. The summed E-state index contributed by atoms with van der Waals surface area (Å²) in [7, 11) is -2.02. The predicted octanol–water partition coefficient (Wildman–Crippen LogP) is 3.51. The molecular weight excluding hydrogens is 383 g/mol. The molecule has 1 heterocycles. The molecule has 134 valence electrons. The molecule has 0 aromatic heterocycles. The first-order chi connectivity index (χ1) is 11.9. The van der Waals surface area contributed by atoms with Crippen molar-refractivity contribution in [1.82, 2.24) is 4.31 Å². The monoisotopic (exact) mass is 400 g/mol. The highest BCUT2D eigenvalue weighted by Crippen LogP contribution is 2.28. The Morgan fingerprint density at radius 2 is 1.68 bits per heavy atom. The van der Waals surface area contributed by atoms with Crippen LogP contribution in [0.4, 0.5) is 5.69 Å². The Hall–Kier alpha value is -1.47. The predicted molar refractivity (Wildman–Crippen MR) is 100 cm³/mol. The van der Waals surface area contributed by atoms with Gasteiger partial charge in [-0.05, 0) is 30.3 Å². The van der Waals surface area contributed by atoms with Gasteiger partial charge >= 0.3 is 0 Å². The summed E-state index contributed by atoms with van der Waals surface area (Å²) in [5.74, 6) is 0.524. The number of ether oxygens (including phenoxy) is 1. The quantitative estimate of drug-likeness (QED) is 0.787. The first-order valence-electron chi connectivity index (χ1n) is 7.76. The second-order valence-electron chi connectivity index (χ2n) is 5.67. The molecule has 1 saturated heterocycles. The summed E-state index contributed by atoms with van der Waals surface area (Å²) in [6.45, 7) is 1.97. The van der Waals surface area contributed by atoms with Crippen molar-refractivity contribution in [2.45, 2.75) is 4.90 Å². The molecule has 0 N–H and O–H groups in total. The third kappa shape index (κ3) is 3.87. The number of hydrogen-bond donors (Lipinski definition) is 0. The summed E-state index contributed by atoms with van der Waals surface area (Å²) in [6.07, 6.45) is 0. The van der Waals surface area contributed by atoms with E-state index in [-0.39, 0.29) is 4.90 Å². The SMILES string of the molecule is COc1cccc(S(=O)(=O)N2CCN(c3ccc(Cl)c(Cl)c3)CC2)c1. The van der Waals surface area contributed by atoms with Gasteiger partial charge in [0.1, 0.15) is 5.75 Å². The zero-order chi connectivity index (χ0) is 18.0. The molecule has 0 unspecified atom stereocenters. The Morgan fingerprint density at radius 3 is 2.32 bits per heavy atom. The van der Waals surface area contributed by atoms with Crippen molar-refractivity contribution in [3.63, 3.8) is 0 Å². The van der Waals surface area contributed by atoms with Gasteiger partial charge in [0, 0.05) is 37.9 Å². The highest BCUT2D eigenvalue weighted by molar-refractivity contribution is 7.89. The molecule has 25 heavy (non-hydrogen) atoms. The van der Waals surface area contributed by atoms with Gasteiger partial charge in [0.2, 0.25) is 10.0 Å². The molecule has 1 fully saturated rings. The third-order valence-corrected chi connectivity index (χ3v) is 6.82. The highest BCUT2D eigenvalue weighted by atomic mass is 35.5. The Kier molecular flexibility index (Phi) is 5.43. The molecule has 8 heteroatoms. The number of methoxy groups -OCH3 is 1. The van der Waals surface area contributed by atoms with E-state index in [0.717, 1.165) is 5.69 Å². The van der Waals surface area contributed by atoms with Crippen molar-refractivity contribution < 1.29 is 13.2 Å². The van der Waals surface area contributed by atoms with E-state index < -0.39 is 10.0 Å². The normalized spacial score (nSPS) is 16.0. The van der Waals surface area contributed by atoms with Crippen LogP contribution in [0, 0.1) is 0 Å². The first-order valence-corrected chi connectivity index (χ1v) is 9.95. The summed E-state index contributed by atoms with van der Waals surface area (Å²) < 4.78 is 32.2. The van der Waals surface area contributed by atoms with Crippen LogP contribution in [-0.2, 0) is 10.0 Å². The van der Waals surface area contributed by atoms with Crippen molar-refractivity contribution in [2.75, 3.05) is 38.2 Å². The van der Waals surface area contributed by atoms with Crippen LogP contribution in [-0.4, -0.2) is 46.0 Å². The molecule has 0 aliphatic carbocycles. The van der Waals surface area contributed by atoms with Crippen LogP contribution < -0.4 is 9.64 Å². The third-order valence-electron chi connectivity index (χ3n) is 4.19. The minimum atomic E-state index is -3.54. The fourth-order valence-corrected chi connectivity index (χ4v) is 4.53. The van der Waals surface area contributed by atoms with Gasteiger partial charge in [-0.15, -0.1) is 0 Å². The van der Waals surface area contributed by atoms with E-state index in [9.17, 15) is 8.42 Å². The zero-order valence-corrected chi connectivity index (χ0v) is 16.0. The van der Waals surface area contributed by atoms with Crippen LogP contribution in [0.3, 0.4) is 0 Å². The molecule has 5 nitrogen and oxygen atoms in total. The Morgan fingerprint density at radius 1 is 0.960 bits per heavy atom. The van der Waals surface area contributed by atoms with E-state index >= 15 is 0 Å². The molecule has 0 atom stereocenters. The summed E-state index contributed by atoms with van der Waals surface area (Å²) in [5, 5.41) is 0.996. The summed E-state index contributed by atoms with van der Waals surface area (Å²) in [5.41, 5.74) is 0.938. The summed E-state index contributed by atoms with van der Waals surface area (Å²) in [4.78, 5) is 2.34. The molecule has 1 aliphatic heterocycles. The largest absolute Gasteiger partial charge is 0.497 e. The number of piperazine rings is 1. The van der Waals surface area contributed by atoms with Crippen LogP contribution in [0.1, 0.15) is 0 Å². The second-order valence-corrected chi connectivity index (χ2v) is 8.42. The van der Waals surface area contributed by atoms with E-state index in [1.807, 2.05) is 6.07 Å². The number of nitrogens with zero attached hydrogens (tertiary/aromatic N) is 2. The molecule has 2 aromatic rings. The number of halogens is 2. The van der Waals surface area contributed by atoms with Gasteiger partial charge in [-0.1, -0.05) is 29.3 Å². The fourth-order valence-electron chi connectivity index (χ4n) is 2.78. The molecule has 0 amide bonds. The van der Waals surface area contributed by atoms with Crippen LogP contribution in [0.25, 0.3) is 0 Å². The van der Waals surface area contributed by atoms with Crippen molar-refractivity contribution in [1.29, 1.82) is 0 Å². The minimum absolute atomic E-state index is 0.245. The van der Waals surface area contributed by atoms with Gasteiger partial charge in [-0.3, -0.25) is 0 Å². The lowest BCUT2D eigenvalue weighted by atomic mass is 10.2. The van der Waals surface area contributed by atoms with E-state index in [4.69, 9.17) is 27.9 Å². The van der Waals surface area contributed by atoms with E-state index in [1.54, 1.807) is 36.4 Å². The van der Waals surface area contributed by atoms with Crippen molar-refractivity contribution in [2.24, 2.45) is 0 Å². The van der Waals surface area contributed by atoms with E-state index in [0.29, 0.717) is 42.0 Å². The molecule has 0 saturated carbocycles. The van der Waals surface area contributed by atoms with Crippen LogP contribution in [0.5, 0.6) is 5.75 Å². The van der Waals surface area contributed by atoms with Crippen molar-refractivity contribution >= 4 is 38.9 Å². The Balaban J connectivity index is 1.73. The number of anilines is 1. The lowest BCUT2D eigenvalue weighted by Gasteiger charge is -2.35. The van der Waals surface area contributed by atoms with E-state index in [2.05, 4.69) is 4.90 Å². The Bertz CT molecular complexity index is 866. The molecule has 0 radical (unpaired) electrons. The maximum atomic E-state index is 12.8. The zero-order valence-electron chi connectivity index (χ0n) is 13.7. The first kappa shape index (κ1) is 18.3. The number of sulfonamides is 1. The van der Waals surface area contributed by atoms with Gasteiger partial charge in [0.15, 0.2) is 0 Å². The highest BCUT2D eigenvalue weighted by Gasteiger charge is 2.29. The topological polar surface area (TPSA) is 49.9 Å². The lowest BCUT2D eigenvalue weighted by Crippen LogP contribution is -2.48. The van der Waals surface area contributed by atoms with Gasteiger partial charge < -0.3 is 9.64 Å². The average Bonchev–Trinajstić information content (AvgIpc) is 2.64. The summed E-state index contributed by atoms with van der Waals surface area (Å²) >= 11 is 12.0. The van der Waals surface area contributed by atoms with Crippen LogP contribution >= 0.6 is 23.2 Å². The number of hydrogen-bond acceptors (Lipinski definition) is 4. The fraction of sp³-hybridized carbons (Fsp3) is 0.294. The number of benzene rings is 2. The summed E-state index contributed by atoms with van der Waals surface area (Å²) in [6, 6.07) is 12.0. The minimum Gasteiger partial charge on any atom is -0.497 e. The maximum absolute atomic E-state index is 12.8. The second kappa shape index (κ2) is 7.41. The molecule has 3 rings (SSSR count). The van der Waals surface area contributed by atoms with Gasteiger partial charge in [-0.2, -0.15) is 4.31 Å². The smallest absolute Gasteiger partial charge is 0.243 e. The average molecular weight is 401 g/mol. The molecule has 2 aromatic carbocycles.